The maximum atomic E-state index is 5.91. The van der Waals surface area contributed by atoms with E-state index in [2.05, 4.69) is 41.3 Å². The molecule has 0 atom stereocenters. The maximum absolute atomic E-state index is 5.91. The molecule has 0 aliphatic carbocycles. The molecule has 0 saturated heterocycles. The molecule has 0 aliphatic rings. The number of hydrogen-bond donors (Lipinski definition) is 1. The SMILES string of the molecule is Clc1nc(Nc2cccc(Br)c2)nc(-n2cccn2)n1. The molecule has 6 nitrogen and oxygen atoms in total. The second kappa shape index (κ2) is 5.56. The van der Waals surface area contributed by atoms with Gasteiger partial charge >= 0.3 is 0 Å². The highest BCUT2D eigenvalue weighted by Crippen LogP contribution is 2.19. The molecule has 0 unspecified atom stereocenters. The van der Waals surface area contributed by atoms with Crippen molar-refractivity contribution in [1.29, 1.82) is 0 Å². The van der Waals surface area contributed by atoms with Crippen LogP contribution in [0.1, 0.15) is 0 Å². The van der Waals surface area contributed by atoms with E-state index in [-0.39, 0.29) is 5.28 Å². The fourth-order valence-corrected chi connectivity index (χ4v) is 2.14. The number of benzene rings is 1. The zero-order chi connectivity index (χ0) is 13.9. The molecule has 0 bridgehead atoms. The summed E-state index contributed by atoms with van der Waals surface area (Å²) in [7, 11) is 0. The lowest BCUT2D eigenvalue weighted by atomic mass is 10.3. The molecule has 20 heavy (non-hydrogen) atoms. The Morgan fingerprint density at radius 1 is 1.15 bits per heavy atom. The van der Waals surface area contributed by atoms with Crippen LogP contribution in [0.4, 0.5) is 11.6 Å². The average molecular weight is 352 g/mol. The number of hydrogen-bond acceptors (Lipinski definition) is 5. The summed E-state index contributed by atoms with van der Waals surface area (Å²) in [5.74, 6) is 0.709. The first kappa shape index (κ1) is 13.0. The summed E-state index contributed by atoms with van der Waals surface area (Å²) in [6.07, 6.45) is 3.37. The first-order chi connectivity index (χ1) is 9.70. The van der Waals surface area contributed by atoms with Crippen molar-refractivity contribution in [2.75, 3.05) is 5.32 Å². The van der Waals surface area contributed by atoms with Crippen LogP contribution in [-0.4, -0.2) is 24.7 Å². The maximum Gasteiger partial charge on any atom is 0.256 e. The van der Waals surface area contributed by atoms with E-state index < -0.39 is 0 Å². The van der Waals surface area contributed by atoms with Crippen LogP contribution >= 0.6 is 27.5 Å². The van der Waals surface area contributed by atoms with Crippen molar-refractivity contribution in [2.45, 2.75) is 0 Å². The highest BCUT2D eigenvalue weighted by molar-refractivity contribution is 9.10. The summed E-state index contributed by atoms with van der Waals surface area (Å²) >= 11 is 9.31. The van der Waals surface area contributed by atoms with E-state index in [0.29, 0.717) is 11.9 Å². The minimum atomic E-state index is 0.1000. The van der Waals surface area contributed by atoms with Crippen LogP contribution in [0.15, 0.2) is 47.2 Å². The van der Waals surface area contributed by atoms with E-state index in [1.54, 1.807) is 18.5 Å². The van der Waals surface area contributed by atoms with Gasteiger partial charge in [-0.05, 0) is 35.9 Å². The first-order valence-electron chi connectivity index (χ1n) is 5.65. The second-order valence-electron chi connectivity index (χ2n) is 3.81. The standard InChI is InChI=1S/C12H8BrClN6/c13-8-3-1-4-9(7-8)16-11-17-10(14)18-12(19-11)20-6-2-5-15-20/h1-7H,(H,16,17,18,19). The molecule has 0 saturated carbocycles. The van der Waals surface area contributed by atoms with Crippen LogP contribution in [0.3, 0.4) is 0 Å². The topological polar surface area (TPSA) is 68.5 Å². The van der Waals surface area contributed by atoms with Gasteiger partial charge in [-0.1, -0.05) is 22.0 Å². The van der Waals surface area contributed by atoms with E-state index in [1.807, 2.05) is 24.3 Å². The lowest BCUT2D eigenvalue weighted by Crippen LogP contribution is -2.06. The average Bonchev–Trinajstić information content (AvgIpc) is 2.91. The van der Waals surface area contributed by atoms with Gasteiger partial charge in [0, 0.05) is 22.6 Å². The van der Waals surface area contributed by atoms with Crippen molar-refractivity contribution in [3.05, 3.63) is 52.5 Å². The Kier molecular flexibility index (Phi) is 3.62. The first-order valence-corrected chi connectivity index (χ1v) is 6.82. The van der Waals surface area contributed by atoms with Crippen molar-refractivity contribution < 1.29 is 0 Å². The Balaban J connectivity index is 1.94. The van der Waals surface area contributed by atoms with E-state index >= 15 is 0 Å². The number of nitrogens with one attached hydrogen (secondary N) is 1. The van der Waals surface area contributed by atoms with Gasteiger partial charge in [-0.3, -0.25) is 0 Å². The Morgan fingerprint density at radius 3 is 2.80 bits per heavy atom. The smallest absolute Gasteiger partial charge is 0.256 e. The molecular formula is C12H8BrClN6. The van der Waals surface area contributed by atoms with Crippen LogP contribution in [0.5, 0.6) is 0 Å². The quantitative estimate of drug-likeness (QED) is 0.784. The Labute approximate surface area is 128 Å². The summed E-state index contributed by atoms with van der Waals surface area (Å²) < 4.78 is 2.47. The van der Waals surface area contributed by atoms with Crippen molar-refractivity contribution in [2.24, 2.45) is 0 Å². The summed E-state index contributed by atoms with van der Waals surface area (Å²) in [5, 5.41) is 7.23. The third-order valence-corrected chi connectivity index (χ3v) is 3.05. The van der Waals surface area contributed by atoms with Crippen LogP contribution in [0, 0.1) is 0 Å². The fraction of sp³-hybridized carbons (Fsp3) is 0. The molecule has 2 aromatic heterocycles. The van der Waals surface area contributed by atoms with Crippen LogP contribution in [0.2, 0.25) is 5.28 Å². The molecule has 0 amide bonds. The minimum absolute atomic E-state index is 0.1000. The largest absolute Gasteiger partial charge is 0.324 e. The molecule has 0 spiro atoms. The fourth-order valence-electron chi connectivity index (χ4n) is 1.58. The van der Waals surface area contributed by atoms with Gasteiger partial charge in [-0.2, -0.15) is 20.1 Å². The molecule has 1 N–H and O–H groups in total. The molecule has 0 fully saturated rings. The third kappa shape index (κ3) is 2.94. The third-order valence-electron chi connectivity index (χ3n) is 2.39. The molecule has 3 aromatic rings. The Bertz CT molecular complexity index is 731. The zero-order valence-corrected chi connectivity index (χ0v) is 12.4. The van der Waals surface area contributed by atoms with E-state index in [1.165, 1.54) is 4.68 Å². The summed E-state index contributed by atoms with van der Waals surface area (Å²) in [6, 6.07) is 9.42. The molecule has 100 valence electrons. The van der Waals surface area contributed by atoms with Gasteiger partial charge in [0.05, 0.1) is 0 Å². The van der Waals surface area contributed by atoms with Crippen molar-refractivity contribution in [1.82, 2.24) is 24.7 Å². The summed E-state index contributed by atoms with van der Waals surface area (Å²) in [5.41, 5.74) is 0.841. The van der Waals surface area contributed by atoms with Crippen molar-refractivity contribution in [3.8, 4) is 5.95 Å². The van der Waals surface area contributed by atoms with E-state index in [9.17, 15) is 0 Å². The Morgan fingerprint density at radius 2 is 2.05 bits per heavy atom. The predicted molar refractivity (Wildman–Crippen MR) is 79.4 cm³/mol. The minimum Gasteiger partial charge on any atom is -0.324 e. The van der Waals surface area contributed by atoms with Gasteiger partial charge < -0.3 is 5.32 Å². The van der Waals surface area contributed by atoms with Crippen molar-refractivity contribution in [3.63, 3.8) is 0 Å². The highest BCUT2D eigenvalue weighted by atomic mass is 79.9. The predicted octanol–water partition coefficient (Wildman–Crippen LogP) is 3.22. The highest BCUT2D eigenvalue weighted by Gasteiger charge is 2.07. The lowest BCUT2D eigenvalue weighted by molar-refractivity contribution is 0.798. The van der Waals surface area contributed by atoms with Gasteiger partial charge in [0.1, 0.15) is 0 Å². The number of anilines is 2. The zero-order valence-electron chi connectivity index (χ0n) is 10.0. The molecule has 3 rings (SSSR count). The number of nitrogens with zero attached hydrogens (tertiary/aromatic N) is 5. The molecular weight excluding hydrogens is 344 g/mol. The number of aromatic nitrogens is 5. The summed E-state index contributed by atoms with van der Waals surface area (Å²) in [6.45, 7) is 0. The van der Waals surface area contributed by atoms with E-state index in [4.69, 9.17) is 11.6 Å². The normalized spacial score (nSPS) is 10.5. The molecule has 2 heterocycles. The van der Waals surface area contributed by atoms with Gasteiger partial charge in [0.2, 0.25) is 11.2 Å². The van der Waals surface area contributed by atoms with Crippen LogP contribution < -0.4 is 5.32 Å². The number of halogens is 2. The Hall–Kier alpha value is -1.99. The van der Waals surface area contributed by atoms with Crippen LogP contribution in [0.25, 0.3) is 5.95 Å². The van der Waals surface area contributed by atoms with E-state index in [0.717, 1.165) is 10.2 Å². The second-order valence-corrected chi connectivity index (χ2v) is 5.07. The van der Waals surface area contributed by atoms with Gasteiger partial charge in [0.15, 0.2) is 0 Å². The molecule has 1 aromatic carbocycles. The van der Waals surface area contributed by atoms with Crippen LogP contribution in [-0.2, 0) is 0 Å². The van der Waals surface area contributed by atoms with Crippen molar-refractivity contribution >= 4 is 39.2 Å². The molecule has 0 radical (unpaired) electrons. The van der Waals surface area contributed by atoms with Gasteiger partial charge in [-0.25, -0.2) is 4.68 Å². The van der Waals surface area contributed by atoms with Gasteiger partial charge in [0.25, 0.3) is 5.95 Å². The number of rotatable bonds is 3. The monoisotopic (exact) mass is 350 g/mol. The molecule has 0 aliphatic heterocycles. The summed E-state index contributed by atoms with van der Waals surface area (Å²) in [4.78, 5) is 12.3. The molecule has 8 heteroatoms. The lowest BCUT2D eigenvalue weighted by Gasteiger charge is -2.07. The van der Waals surface area contributed by atoms with Gasteiger partial charge in [-0.15, -0.1) is 0 Å².